The molecule has 0 aliphatic carbocycles. The Morgan fingerprint density at radius 1 is 1.88 bits per heavy atom. The summed E-state index contributed by atoms with van der Waals surface area (Å²) in [5, 5.41) is 0. The number of carbonyl (C=O) groups is 1. The predicted molar refractivity (Wildman–Crippen MR) is 33.7 cm³/mol. The first-order valence-corrected chi connectivity index (χ1v) is 3.22. The third-order valence-corrected chi connectivity index (χ3v) is 1.14. The minimum absolute atomic E-state index is 0.408. The van der Waals surface area contributed by atoms with Crippen molar-refractivity contribution in [2.75, 3.05) is 5.75 Å². The Balaban J connectivity index is 2.98. The minimum atomic E-state index is -0.408. The van der Waals surface area contributed by atoms with E-state index in [1.807, 2.05) is 0 Å². The number of nitrogens with two attached hydrogens (primary N) is 1. The van der Waals surface area contributed by atoms with Crippen LogP contribution in [0, 0.1) is 0 Å². The normalized spacial score (nSPS) is 13.2. The lowest BCUT2D eigenvalue weighted by Gasteiger charge is -1.97. The van der Waals surface area contributed by atoms with Gasteiger partial charge in [-0.3, -0.25) is 0 Å². The molecule has 0 aliphatic rings. The molecule has 0 saturated heterocycles. The Kier molecular flexibility index (Phi) is 5.05. The lowest BCUT2D eigenvalue weighted by atomic mass is 10.3. The fourth-order valence-corrected chi connectivity index (χ4v) is 0.634. The first-order chi connectivity index (χ1) is 3.81. The summed E-state index contributed by atoms with van der Waals surface area (Å²) < 4.78 is 8.16. The van der Waals surface area contributed by atoms with Gasteiger partial charge in [0, 0.05) is 5.75 Å². The zero-order valence-corrected chi connectivity index (χ0v) is 5.23. The van der Waals surface area contributed by atoms with Crippen LogP contribution in [0.4, 0.5) is 0 Å². The molecule has 0 heterocycles. The molecule has 1 atom stereocenters. The molecule has 3 nitrogen and oxygen atoms in total. The van der Waals surface area contributed by atoms with Crippen molar-refractivity contribution in [1.29, 1.82) is 0 Å². The molecule has 48 valence electrons. The monoisotopic (exact) mass is 135 g/mol. The second-order valence-electron chi connectivity index (χ2n) is 1.42. The summed E-state index contributed by atoms with van der Waals surface area (Å²) in [5.41, 5.74) is 5.17. The van der Waals surface area contributed by atoms with Crippen LogP contribution < -0.4 is 5.73 Å². The molecular weight excluding hydrogens is 126 g/mol. The maximum absolute atomic E-state index is 9.79. The van der Waals surface area contributed by atoms with Gasteiger partial charge in [0.2, 0.25) is 0 Å². The molecule has 0 aromatic carbocycles. The molecule has 1 unspecified atom stereocenters. The van der Waals surface area contributed by atoms with Crippen molar-refractivity contribution in [2.24, 2.45) is 5.73 Å². The van der Waals surface area contributed by atoms with Gasteiger partial charge in [0.05, 0.1) is 6.04 Å². The second kappa shape index (κ2) is 5.08. The quantitative estimate of drug-likeness (QED) is 0.424. The molecule has 4 heteroatoms. The Morgan fingerprint density at radius 2 is 2.50 bits per heavy atom. The summed E-state index contributed by atoms with van der Waals surface area (Å²) in [6.45, 7) is 0. The van der Waals surface area contributed by atoms with Crippen molar-refractivity contribution >= 4 is 18.3 Å². The van der Waals surface area contributed by atoms with Crippen LogP contribution in [0.15, 0.2) is 0 Å². The van der Waals surface area contributed by atoms with E-state index in [1.54, 1.807) is 0 Å². The Morgan fingerprint density at radius 3 is 2.88 bits per heavy atom. The van der Waals surface area contributed by atoms with Crippen LogP contribution in [0.3, 0.4) is 0 Å². The summed E-state index contributed by atoms with van der Waals surface area (Å²) in [4.78, 5) is 9.79. The second-order valence-corrected chi connectivity index (χ2v) is 2.09. The lowest BCUT2D eigenvalue weighted by molar-refractivity contribution is -0.108. The molecule has 3 N–H and O–H groups in total. The van der Waals surface area contributed by atoms with Crippen LogP contribution in [0.25, 0.3) is 0 Å². The van der Waals surface area contributed by atoms with Crippen molar-refractivity contribution in [1.82, 2.24) is 0 Å². The molecule has 0 bridgehead atoms. The first kappa shape index (κ1) is 7.94. The topological polar surface area (TPSA) is 63.3 Å². The van der Waals surface area contributed by atoms with E-state index >= 15 is 0 Å². The lowest BCUT2D eigenvalue weighted by Crippen LogP contribution is -2.21. The number of rotatable bonds is 4. The maximum Gasteiger partial charge on any atom is 0.136 e. The van der Waals surface area contributed by atoms with E-state index in [2.05, 4.69) is 0 Å². The molecule has 8 heavy (non-hydrogen) atoms. The van der Waals surface area contributed by atoms with Gasteiger partial charge in [-0.25, -0.2) is 0 Å². The van der Waals surface area contributed by atoms with E-state index in [1.165, 1.54) is 0 Å². The molecule has 0 saturated carbocycles. The molecule has 0 radical (unpaired) electrons. The van der Waals surface area contributed by atoms with Crippen LogP contribution in [-0.4, -0.2) is 22.6 Å². The SMILES string of the molecule is NC(C=O)CCSO. The summed E-state index contributed by atoms with van der Waals surface area (Å²) in [5.74, 6) is 0.528. The predicted octanol–water partition coefficient (Wildman–Crippen LogP) is 0.109. The zero-order valence-electron chi connectivity index (χ0n) is 4.41. The third-order valence-electron chi connectivity index (χ3n) is 0.717. The van der Waals surface area contributed by atoms with Crippen LogP contribution in [0.5, 0.6) is 0 Å². The highest BCUT2D eigenvalue weighted by atomic mass is 32.2. The molecule has 0 spiro atoms. The van der Waals surface area contributed by atoms with E-state index in [-0.39, 0.29) is 0 Å². The Bertz CT molecular complexity index is 69.1. The van der Waals surface area contributed by atoms with Gasteiger partial charge in [0.1, 0.15) is 6.29 Å². The van der Waals surface area contributed by atoms with Gasteiger partial charge in [-0.2, -0.15) is 0 Å². The highest BCUT2D eigenvalue weighted by Crippen LogP contribution is 1.95. The van der Waals surface area contributed by atoms with Gasteiger partial charge >= 0.3 is 0 Å². The fraction of sp³-hybridized carbons (Fsp3) is 0.750. The van der Waals surface area contributed by atoms with Gasteiger partial charge in [-0.1, -0.05) is 0 Å². The number of aldehydes is 1. The summed E-state index contributed by atoms with van der Waals surface area (Å²) in [6.07, 6.45) is 1.22. The van der Waals surface area contributed by atoms with E-state index < -0.39 is 6.04 Å². The molecular formula is C4H9NO2S. The largest absolute Gasteiger partial charge is 0.330 e. The average molecular weight is 135 g/mol. The van der Waals surface area contributed by atoms with Gasteiger partial charge < -0.3 is 15.1 Å². The molecule has 0 aromatic rings. The fourth-order valence-electron chi connectivity index (χ4n) is 0.257. The van der Waals surface area contributed by atoms with Gasteiger partial charge in [-0.05, 0) is 18.5 Å². The molecule has 0 rings (SSSR count). The van der Waals surface area contributed by atoms with E-state index in [0.29, 0.717) is 30.5 Å². The summed E-state index contributed by atoms with van der Waals surface area (Å²) in [7, 11) is 0. The zero-order chi connectivity index (χ0) is 6.41. The molecule has 0 fully saturated rings. The van der Waals surface area contributed by atoms with Crippen molar-refractivity contribution in [3.05, 3.63) is 0 Å². The van der Waals surface area contributed by atoms with E-state index in [0.717, 1.165) is 0 Å². The minimum Gasteiger partial charge on any atom is -0.330 e. The van der Waals surface area contributed by atoms with Crippen LogP contribution in [0.1, 0.15) is 6.42 Å². The van der Waals surface area contributed by atoms with Crippen molar-refractivity contribution in [3.8, 4) is 0 Å². The highest BCUT2D eigenvalue weighted by Gasteiger charge is 1.96. The van der Waals surface area contributed by atoms with E-state index in [9.17, 15) is 4.79 Å². The van der Waals surface area contributed by atoms with Gasteiger partial charge in [-0.15, -0.1) is 0 Å². The number of hydrogen-bond acceptors (Lipinski definition) is 4. The summed E-state index contributed by atoms with van der Waals surface area (Å²) >= 11 is 0.706. The standard InChI is InChI=1S/C4H9NO2S/c5-4(3-6)1-2-8-7/h3-4,7H,1-2,5H2. The molecule has 0 amide bonds. The van der Waals surface area contributed by atoms with Crippen LogP contribution >= 0.6 is 12.0 Å². The van der Waals surface area contributed by atoms with Crippen molar-refractivity contribution in [3.63, 3.8) is 0 Å². The highest BCUT2D eigenvalue weighted by molar-refractivity contribution is 7.93. The van der Waals surface area contributed by atoms with Gasteiger partial charge in [0.25, 0.3) is 0 Å². The smallest absolute Gasteiger partial charge is 0.136 e. The third kappa shape index (κ3) is 4.11. The Hall–Kier alpha value is -0.0600. The van der Waals surface area contributed by atoms with E-state index in [4.69, 9.17) is 10.3 Å². The summed E-state index contributed by atoms with van der Waals surface area (Å²) in [6, 6.07) is -0.408. The molecule has 0 aliphatic heterocycles. The maximum atomic E-state index is 9.79. The number of carbonyl (C=O) groups excluding carboxylic acids is 1. The number of hydrogen-bond donors (Lipinski definition) is 2. The van der Waals surface area contributed by atoms with Crippen LogP contribution in [0.2, 0.25) is 0 Å². The first-order valence-electron chi connectivity index (χ1n) is 2.28. The van der Waals surface area contributed by atoms with Crippen molar-refractivity contribution < 1.29 is 9.35 Å². The van der Waals surface area contributed by atoms with Gasteiger partial charge in [0.15, 0.2) is 0 Å². The van der Waals surface area contributed by atoms with Crippen molar-refractivity contribution in [2.45, 2.75) is 12.5 Å². The average Bonchev–Trinajstić information content (AvgIpc) is 1.83. The Labute approximate surface area is 52.5 Å². The molecule has 0 aromatic heterocycles. The van der Waals surface area contributed by atoms with Crippen LogP contribution in [-0.2, 0) is 4.79 Å².